The van der Waals surface area contributed by atoms with Crippen LogP contribution in [0.4, 0.5) is 8.78 Å². The summed E-state index contributed by atoms with van der Waals surface area (Å²) in [7, 11) is 1.47. The first-order valence-electron chi connectivity index (χ1n) is 8.60. The van der Waals surface area contributed by atoms with Gasteiger partial charge in [0.15, 0.2) is 0 Å². The minimum atomic E-state index is -0.783. The normalized spacial score (nSPS) is 11.8. The number of halogens is 3. The molecular weight excluding hydrogens is 406 g/mol. The number of rotatable bonds is 8. The quantitative estimate of drug-likeness (QED) is 0.693. The van der Waals surface area contributed by atoms with Gasteiger partial charge in [-0.15, -0.1) is 11.8 Å². The lowest BCUT2D eigenvalue weighted by atomic mass is 10.1. The Labute approximate surface area is 172 Å². The van der Waals surface area contributed by atoms with Gasteiger partial charge in [-0.1, -0.05) is 35.9 Å². The average Bonchev–Trinajstić information content (AvgIpc) is 2.68. The molecule has 150 valence electrons. The molecule has 2 aromatic rings. The molecule has 1 atom stereocenters. The van der Waals surface area contributed by atoms with Crippen molar-refractivity contribution >= 4 is 35.2 Å². The summed E-state index contributed by atoms with van der Waals surface area (Å²) in [6, 6.07) is 9.72. The zero-order chi connectivity index (χ0) is 20.7. The Balaban J connectivity index is 2.10. The maximum absolute atomic E-state index is 14.0. The van der Waals surface area contributed by atoms with E-state index in [-0.39, 0.29) is 29.9 Å². The molecule has 0 aliphatic heterocycles. The molecular formula is C20H21ClF2N2O2S. The van der Waals surface area contributed by atoms with E-state index < -0.39 is 17.7 Å². The van der Waals surface area contributed by atoms with Gasteiger partial charge in [0.25, 0.3) is 0 Å². The Bertz CT molecular complexity index is 830. The van der Waals surface area contributed by atoms with Gasteiger partial charge in [0.2, 0.25) is 11.8 Å². The SMILES string of the molecule is CNC(=O)[C@H](C)N(Cc1ccccc1F)C(=O)CSCc1c(F)cccc1Cl. The van der Waals surface area contributed by atoms with Crippen LogP contribution in [0.25, 0.3) is 0 Å². The molecule has 0 spiro atoms. The van der Waals surface area contributed by atoms with E-state index in [1.54, 1.807) is 31.2 Å². The van der Waals surface area contributed by atoms with Crippen LogP contribution in [-0.2, 0) is 21.9 Å². The molecule has 2 amide bonds. The van der Waals surface area contributed by atoms with E-state index in [0.717, 1.165) is 0 Å². The van der Waals surface area contributed by atoms with Crippen molar-refractivity contribution in [2.24, 2.45) is 0 Å². The minimum absolute atomic E-state index is 0.000447. The van der Waals surface area contributed by atoms with Gasteiger partial charge in [-0.05, 0) is 25.1 Å². The van der Waals surface area contributed by atoms with Gasteiger partial charge in [-0.3, -0.25) is 9.59 Å². The number of benzene rings is 2. The molecule has 0 radical (unpaired) electrons. The second-order valence-corrected chi connectivity index (χ2v) is 7.49. The number of hydrogen-bond acceptors (Lipinski definition) is 3. The fraction of sp³-hybridized carbons (Fsp3) is 0.300. The van der Waals surface area contributed by atoms with Crippen LogP contribution >= 0.6 is 23.4 Å². The highest BCUT2D eigenvalue weighted by atomic mass is 35.5. The average molecular weight is 427 g/mol. The van der Waals surface area contributed by atoms with Gasteiger partial charge < -0.3 is 10.2 Å². The van der Waals surface area contributed by atoms with E-state index >= 15 is 0 Å². The molecule has 0 bridgehead atoms. The van der Waals surface area contributed by atoms with E-state index in [9.17, 15) is 18.4 Å². The summed E-state index contributed by atoms with van der Waals surface area (Å²) >= 11 is 7.18. The van der Waals surface area contributed by atoms with Crippen molar-refractivity contribution in [1.82, 2.24) is 10.2 Å². The van der Waals surface area contributed by atoms with Crippen LogP contribution in [0.3, 0.4) is 0 Å². The van der Waals surface area contributed by atoms with Crippen molar-refractivity contribution in [3.8, 4) is 0 Å². The first-order chi connectivity index (χ1) is 13.3. The number of carbonyl (C=O) groups excluding carboxylic acids is 2. The predicted molar refractivity (Wildman–Crippen MR) is 108 cm³/mol. The van der Waals surface area contributed by atoms with Crippen LogP contribution in [0, 0.1) is 11.6 Å². The molecule has 2 aromatic carbocycles. The standard InChI is InChI=1S/C20H21ClF2N2O2S/c1-13(20(27)24-2)25(10-14-6-3-4-8-17(14)22)19(26)12-28-11-15-16(21)7-5-9-18(15)23/h3-9,13H,10-12H2,1-2H3,(H,24,27)/t13-/m0/s1. The largest absolute Gasteiger partial charge is 0.357 e. The summed E-state index contributed by atoms with van der Waals surface area (Å²) in [5.41, 5.74) is 0.635. The van der Waals surface area contributed by atoms with E-state index in [2.05, 4.69) is 5.32 Å². The number of likely N-dealkylation sites (N-methyl/N-ethyl adjacent to an activating group) is 1. The van der Waals surface area contributed by atoms with E-state index in [4.69, 9.17) is 11.6 Å². The van der Waals surface area contributed by atoms with Crippen molar-refractivity contribution in [1.29, 1.82) is 0 Å². The highest BCUT2D eigenvalue weighted by Gasteiger charge is 2.26. The van der Waals surface area contributed by atoms with Gasteiger partial charge in [0.1, 0.15) is 17.7 Å². The molecule has 0 saturated carbocycles. The van der Waals surface area contributed by atoms with Crippen LogP contribution in [0.5, 0.6) is 0 Å². The van der Waals surface area contributed by atoms with Crippen LogP contribution in [-0.4, -0.2) is 35.6 Å². The third-order valence-electron chi connectivity index (χ3n) is 4.25. The first-order valence-corrected chi connectivity index (χ1v) is 10.1. The minimum Gasteiger partial charge on any atom is -0.357 e. The van der Waals surface area contributed by atoms with Gasteiger partial charge in [0, 0.05) is 35.5 Å². The van der Waals surface area contributed by atoms with Crippen LogP contribution in [0.2, 0.25) is 5.02 Å². The zero-order valence-electron chi connectivity index (χ0n) is 15.5. The molecule has 2 rings (SSSR count). The molecule has 0 saturated heterocycles. The Morgan fingerprint density at radius 1 is 1.14 bits per heavy atom. The van der Waals surface area contributed by atoms with Gasteiger partial charge in [0.05, 0.1) is 5.75 Å². The lowest BCUT2D eigenvalue weighted by molar-refractivity contribution is -0.138. The van der Waals surface area contributed by atoms with E-state index in [1.807, 2.05) is 0 Å². The van der Waals surface area contributed by atoms with Gasteiger partial charge in [-0.2, -0.15) is 0 Å². The fourth-order valence-corrected chi connectivity index (χ4v) is 3.84. The molecule has 0 unspecified atom stereocenters. The van der Waals surface area contributed by atoms with Crippen molar-refractivity contribution < 1.29 is 18.4 Å². The number of nitrogens with one attached hydrogen (secondary N) is 1. The van der Waals surface area contributed by atoms with Gasteiger partial charge in [-0.25, -0.2) is 8.78 Å². The molecule has 1 N–H and O–H groups in total. The lowest BCUT2D eigenvalue weighted by Crippen LogP contribution is -2.47. The van der Waals surface area contributed by atoms with Crippen molar-refractivity contribution in [2.75, 3.05) is 12.8 Å². The van der Waals surface area contributed by atoms with Crippen LogP contribution in [0.15, 0.2) is 42.5 Å². The Kier molecular flexibility index (Phi) is 8.26. The second kappa shape index (κ2) is 10.4. The number of carbonyl (C=O) groups is 2. The lowest BCUT2D eigenvalue weighted by Gasteiger charge is -2.28. The fourth-order valence-electron chi connectivity index (χ4n) is 2.60. The Morgan fingerprint density at radius 3 is 2.46 bits per heavy atom. The van der Waals surface area contributed by atoms with Crippen LogP contribution in [0.1, 0.15) is 18.1 Å². The topological polar surface area (TPSA) is 49.4 Å². The summed E-state index contributed by atoms with van der Waals surface area (Å²) in [5, 5.41) is 2.79. The first kappa shape index (κ1) is 22.2. The molecule has 28 heavy (non-hydrogen) atoms. The predicted octanol–water partition coefficient (Wildman–Crippen LogP) is 4.01. The van der Waals surface area contributed by atoms with E-state index in [1.165, 1.54) is 41.9 Å². The highest BCUT2D eigenvalue weighted by molar-refractivity contribution is 7.99. The Hall–Kier alpha value is -2.12. The van der Waals surface area contributed by atoms with E-state index in [0.29, 0.717) is 16.1 Å². The van der Waals surface area contributed by atoms with Crippen LogP contribution < -0.4 is 5.32 Å². The molecule has 0 heterocycles. The zero-order valence-corrected chi connectivity index (χ0v) is 17.1. The Morgan fingerprint density at radius 2 is 1.82 bits per heavy atom. The summed E-state index contributed by atoms with van der Waals surface area (Å²) in [5.74, 6) is -1.38. The molecule has 0 aromatic heterocycles. The number of amides is 2. The number of thioether (sulfide) groups is 1. The van der Waals surface area contributed by atoms with Crippen molar-refractivity contribution in [2.45, 2.75) is 25.3 Å². The molecule has 8 heteroatoms. The summed E-state index contributed by atoms with van der Waals surface area (Å²) < 4.78 is 27.9. The summed E-state index contributed by atoms with van der Waals surface area (Å²) in [6.07, 6.45) is 0. The second-order valence-electron chi connectivity index (χ2n) is 6.10. The smallest absolute Gasteiger partial charge is 0.242 e. The number of hydrogen-bond donors (Lipinski definition) is 1. The summed E-state index contributed by atoms with van der Waals surface area (Å²) in [6.45, 7) is 1.54. The molecule has 0 aliphatic rings. The highest BCUT2D eigenvalue weighted by Crippen LogP contribution is 2.24. The monoisotopic (exact) mass is 426 g/mol. The number of nitrogens with zero attached hydrogens (tertiary/aromatic N) is 1. The van der Waals surface area contributed by atoms with Gasteiger partial charge >= 0.3 is 0 Å². The summed E-state index contributed by atoms with van der Waals surface area (Å²) in [4.78, 5) is 26.1. The molecule has 0 fully saturated rings. The third kappa shape index (κ3) is 5.69. The van der Waals surface area contributed by atoms with Crippen molar-refractivity contribution in [3.05, 3.63) is 70.2 Å². The third-order valence-corrected chi connectivity index (χ3v) is 5.54. The van der Waals surface area contributed by atoms with Crippen molar-refractivity contribution in [3.63, 3.8) is 0 Å². The molecule has 0 aliphatic carbocycles. The maximum atomic E-state index is 14.0. The maximum Gasteiger partial charge on any atom is 0.242 e. The molecule has 4 nitrogen and oxygen atoms in total.